The van der Waals surface area contributed by atoms with Gasteiger partial charge in [0.1, 0.15) is 5.82 Å². The van der Waals surface area contributed by atoms with E-state index in [-0.39, 0.29) is 5.91 Å². The molecule has 1 aromatic rings. The molecule has 0 aromatic carbocycles. The van der Waals surface area contributed by atoms with Crippen LogP contribution in [-0.4, -0.2) is 66.0 Å². The quantitative estimate of drug-likeness (QED) is 0.820. The van der Waals surface area contributed by atoms with Gasteiger partial charge in [-0.1, -0.05) is 6.07 Å². The SMILES string of the molecule is CC(=O)N1CCC(N2CCN(c3ccccn3)CC2)CC1. The normalized spacial score (nSPS) is 21.6. The molecule has 114 valence electrons. The van der Waals surface area contributed by atoms with Gasteiger partial charge in [0.25, 0.3) is 0 Å². The van der Waals surface area contributed by atoms with Crippen LogP contribution >= 0.6 is 0 Å². The van der Waals surface area contributed by atoms with E-state index in [1.165, 1.54) is 0 Å². The molecular formula is C16H24N4O. The van der Waals surface area contributed by atoms with Gasteiger partial charge in [-0.15, -0.1) is 0 Å². The average molecular weight is 288 g/mol. The van der Waals surface area contributed by atoms with Gasteiger partial charge >= 0.3 is 0 Å². The Labute approximate surface area is 126 Å². The molecule has 0 N–H and O–H groups in total. The molecule has 2 aliphatic rings. The summed E-state index contributed by atoms with van der Waals surface area (Å²) >= 11 is 0. The molecule has 5 nitrogen and oxygen atoms in total. The summed E-state index contributed by atoms with van der Waals surface area (Å²) in [5.74, 6) is 1.30. The smallest absolute Gasteiger partial charge is 0.219 e. The van der Waals surface area contributed by atoms with Gasteiger partial charge in [-0.25, -0.2) is 4.98 Å². The third kappa shape index (κ3) is 3.35. The van der Waals surface area contributed by atoms with Crippen molar-refractivity contribution in [3.63, 3.8) is 0 Å². The standard InChI is InChI=1S/C16H24N4O/c1-14(21)18-8-5-15(6-9-18)19-10-12-20(13-11-19)16-4-2-3-7-17-16/h2-4,7,15H,5-6,8-13H2,1H3. The molecule has 3 heterocycles. The number of amides is 1. The predicted molar refractivity (Wildman–Crippen MR) is 83.3 cm³/mol. The van der Waals surface area contributed by atoms with Crippen molar-refractivity contribution >= 4 is 11.7 Å². The molecule has 1 aromatic heterocycles. The molecule has 0 aliphatic carbocycles. The van der Waals surface area contributed by atoms with E-state index in [1.807, 2.05) is 23.2 Å². The van der Waals surface area contributed by atoms with E-state index in [1.54, 1.807) is 6.92 Å². The van der Waals surface area contributed by atoms with Crippen molar-refractivity contribution in [3.05, 3.63) is 24.4 Å². The first-order valence-corrected chi connectivity index (χ1v) is 7.89. The summed E-state index contributed by atoms with van der Waals surface area (Å²) in [7, 11) is 0. The van der Waals surface area contributed by atoms with Crippen molar-refractivity contribution in [2.45, 2.75) is 25.8 Å². The minimum absolute atomic E-state index is 0.216. The molecule has 1 amide bonds. The lowest BCUT2D eigenvalue weighted by molar-refractivity contribution is -0.130. The average Bonchev–Trinajstić information content (AvgIpc) is 2.56. The molecule has 0 bridgehead atoms. The highest BCUT2D eigenvalue weighted by molar-refractivity contribution is 5.73. The first kappa shape index (κ1) is 14.3. The maximum Gasteiger partial charge on any atom is 0.219 e. The second kappa shape index (κ2) is 6.43. The van der Waals surface area contributed by atoms with Crippen LogP contribution in [0.25, 0.3) is 0 Å². The molecular weight excluding hydrogens is 264 g/mol. The summed E-state index contributed by atoms with van der Waals surface area (Å²) in [5.41, 5.74) is 0. The monoisotopic (exact) mass is 288 g/mol. The van der Waals surface area contributed by atoms with Gasteiger partial charge in [-0.3, -0.25) is 9.69 Å². The number of likely N-dealkylation sites (tertiary alicyclic amines) is 1. The summed E-state index contributed by atoms with van der Waals surface area (Å²) in [6.45, 7) is 7.80. The minimum Gasteiger partial charge on any atom is -0.354 e. The van der Waals surface area contributed by atoms with Crippen molar-refractivity contribution in [2.75, 3.05) is 44.2 Å². The number of nitrogens with zero attached hydrogens (tertiary/aromatic N) is 4. The van der Waals surface area contributed by atoms with Crippen LogP contribution in [0.2, 0.25) is 0 Å². The van der Waals surface area contributed by atoms with Crippen molar-refractivity contribution in [1.82, 2.24) is 14.8 Å². The van der Waals surface area contributed by atoms with Gasteiger partial charge in [-0.2, -0.15) is 0 Å². The highest BCUT2D eigenvalue weighted by Crippen LogP contribution is 2.20. The van der Waals surface area contributed by atoms with Gasteiger partial charge in [0.05, 0.1) is 0 Å². The fraction of sp³-hybridized carbons (Fsp3) is 0.625. The molecule has 0 radical (unpaired) electrons. The Morgan fingerprint density at radius 3 is 2.38 bits per heavy atom. The third-order valence-electron chi connectivity index (χ3n) is 4.71. The number of anilines is 1. The molecule has 2 aliphatic heterocycles. The van der Waals surface area contributed by atoms with Crippen LogP contribution in [0.15, 0.2) is 24.4 Å². The first-order chi connectivity index (χ1) is 10.2. The fourth-order valence-electron chi connectivity index (χ4n) is 3.40. The van der Waals surface area contributed by atoms with Crippen LogP contribution in [0.5, 0.6) is 0 Å². The van der Waals surface area contributed by atoms with Crippen LogP contribution < -0.4 is 4.90 Å². The molecule has 0 saturated carbocycles. The van der Waals surface area contributed by atoms with Gasteiger partial charge in [0.15, 0.2) is 0 Å². The topological polar surface area (TPSA) is 39.7 Å². The summed E-state index contributed by atoms with van der Waals surface area (Å²) in [6, 6.07) is 6.74. The highest BCUT2D eigenvalue weighted by atomic mass is 16.2. The van der Waals surface area contributed by atoms with Gasteiger partial charge in [0, 0.05) is 58.4 Å². The minimum atomic E-state index is 0.216. The van der Waals surface area contributed by atoms with Crippen molar-refractivity contribution in [3.8, 4) is 0 Å². The zero-order valence-corrected chi connectivity index (χ0v) is 12.7. The number of carbonyl (C=O) groups excluding carboxylic acids is 1. The van der Waals surface area contributed by atoms with Gasteiger partial charge in [0.2, 0.25) is 5.91 Å². The van der Waals surface area contributed by atoms with Crippen LogP contribution in [0.1, 0.15) is 19.8 Å². The lowest BCUT2D eigenvalue weighted by Crippen LogP contribution is -2.53. The summed E-state index contributed by atoms with van der Waals surface area (Å²) in [6.07, 6.45) is 4.09. The molecule has 3 rings (SSSR count). The van der Waals surface area contributed by atoms with E-state index in [9.17, 15) is 4.79 Å². The maximum atomic E-state index is 11.4. The maximum absolute atomic E-state index is 11.4. The number of aromatic nitrogens is 1. The Kier molecular flexibility index (Phi) is 4.39. The van der Waals surface area contributed by atoms with Crippen molar-refractivity contribution in [2.24, 2.45) is 0 Å². The molecule has 2 fully saturated rings. The van der Waals surface area contributed by atoms with E-state index in [0.717, 1.165) is 57.9 Å². The molecule has 0 atom stereocenters. The van der Waals surface area contributed by atoms with Crippen molar-refractivity contribution in [1.29, 1.82) is 0 Å². The molecule has 21 heavy (non-hydrogen) atoms. The molecule has 2 saturated heterocycles. The van der Waals surface area contributed by atoms with Gasteiger partial charge < -0.3 is 9.80 Å². The van der Waals surface area contributed by atoms with Crippen LogP contribution in [-0.2, 0) is 4.79 Å². The number of hydrogen-bond acceptors (Lipinski definition) is 4. The zero-order valence-electron chi connectivity index (χ0n) is 12.7. The predicted octanol–water partition coefficient (Wildman–Crippen LogP) is 1.21. The second-order valence-electron chi connectivity index (χ2n) is 5.95. The van der Waals surface area contributed by atoms with Crippen LogP contribution in [0.3, 0.4) is 0 Å². The van der Waals surface area contributed by atoms with E-state index >= 15 is 0 Å². The number of carbonyl (C=O) groups is 1. The molecule has 0 unspecified atom stereocenters. The van der Waals surface area contributed by atoms with Crippen LogP contribution in [0, 0.1) is 0 Å². The lowest BCUT2D eigenvalue weighted by Gasteiger charge is -2.43. The Morgan fingerprint density at radius 2 is 1.81 bits per heavy atom. The number of piperidine rings is 1. The number of rotatable bonds is 2. The molecule has 0 spiro atoms. The number of piperazine rings is 1. The Morgan fingerprint density at radius 1 is 1.10 bits per heavy atom. The summed E-state index contributed by atoms with van der Waals surface area (Å²) in [4.78, 5) is 22.7. The fourth-order valence-corrected chi connectivity index (χ4v) is 3.40. The van der Waals surface area contributed by atoms with Gasteiger partial charge in [-0.05, 0) is 25.0 Å². The highest BCUT2D eigenvalue weighted by Gasteiger charge is 2.28. The van der Waals surface area contributed by atoms with Crippen molar-refractivity contribution < 1.29 is 4.79 Å². The van der Waals surface area contributed by atoms with E-state index in [2.05, 4.69) is 20.9 Å². The summed E-state index contributed by atoms with van der Waals surface area (Å²) < 4.78 is 0. The van der Waals surface area contributed by atoms with E-state index in [0.29, 0.717) is 6.04 Å². The first-order valence-electron chi connectivity index (χ1n) is 7.89. The number of hydrogen-bond donors (Lipinski definition) is 0. The largest absolute Gasteiger partial charge is 0.354 e. The third-order valence-corrected chi connectivity index (χ3v) is 4.71. The zero-order chi connectivity index (χ0) is 14.7. The Bertz CT molecular complexity index is 462. The molecule has 5 heteroatoms. The second-order valence-corrected chi connectivity index (χ2v) is 5.95. The Balaban J connectivity index is 1.49. The summed E-state index contributed by atoms with van der Waals surface area (Å²) in [5, 5.41) is 0. The lowest BCUT2D eigenvalue weighted by atomic mass is 10.0. The Hall–Kier alpha value is -1.62. The van der Waals surface area contributed by atoms with E-state index in [4.69, 9.17) is 0 Å². The van der Waals surface area contributed by atoms with E-state index < -0.39 is 0 Å². The number of pyridine rings is 1. The van der Waals surface area contributed by atoms with Crippen LogP contribution in [0.4, 0.5) is 5.82 Å².